The number of furan rings is 1. The van der Waals surface area contributed by atoms with E-state index >= 15 is 0 Å². The van der Waals surface area contributed by atoms with E-state index in [4.69, 9.17) is 13.9 Å². The van der Waals surface area contributed by atoms with Gasteiger partial charge in [0.1, 0.15) is 0 Å². The lowest BCUT2D eigenvalue weighted by atomic mass is 9.86. The molecule has 118 valence electrons. The van der Waals surface area contributed by atoms with Crippen molar-refractivity contribution in [3.8, 4) is 0 Å². The fraction of sp³-hybridized carbons (Fsp3) is 0.688. The van der Waals surface area contributed by atoms with Crippen LogP contribution >= 0.6 is 0 Å². The topological polar surface area (TPSA) is 60.7 Å². The van der Waals surface area contributed by atoms with Crippen LogP contribution in [0.3, 0.4) is 0 Å². The van der Waals surface area contributed by atoms with Crippen LogP contribution in [0.1, 0.15) is 55.6 Å². The molecule has 0 aliphatic carbocycles. The van der Waals surface area contributed by atoms with Crippen molar-refractivity contribution in [1.82, 2.24) is 5.32 Å². The lowest BCUT2D eigenvalue weighted by molar-refractivity contribution is -0.0932. The Kier molecular flexibility index (Phi) is 5.42. The van der Waals surface area contributed by atoms with Crippen molar-refractivity contribution in [3.63, 3.8) is 0 Å². The van der Waals surface area contributed by atoms with E-state index in [2.05, 4.69) is 19.2 Å². The van der Waals surface area contributed by atoms with Crippen LogP contribution in [0.25, 0.3) is 0 Å². The Balaban J connectivity index is 1.94. The Labute approximate surface area is 126 Å². The van der Waals surface area contributed by atoms with Crippen molar-refractivity contribution in [2.45, 2.75) is 57.7 Å². The van der Waals surface area contributed by atoms with E-state index in [0.717, 1.165) is 37.9 Å². The molecule has 1 unspecified atom stereocenters. The number of ether oxygens (including phenoxy) is 2. The molecule has 2 rings (SSSR count). The number of carbonyl (C=O) groups is 1. The molecule has 1 atom stereocenters. The van der Waals surface area contributed by atoms with Gasteiger partial charge in [0.25, 0.3) is 0 Å². The molecule has 1 fully saturated rings. The first-order chi connectivity index (χ1) is 10.1. The van der Waals surface area contributed by atoms with E-state index in [1.807, 2.05) is 6.07 Å². The van der Waals surface area contributed by atoms with E-state index in [0.29, 0.717) is 12.6 Å². The summed E-state index contributed by atoms with van der Waals surface area (Å²) < 4.78 is 15.9. The molecule has 1 aromatic rings. The van der Waals surface area contributed by atoms with Gasteiger partial charge in [-0.25, -0.2) is 4.79 Å². The zero-order valence-electron chi connectivity index (χ0n) is 13.1. The second-order valence-corrected chi connectivity index (χ2v) is 5.58. The van der Waals surface area contributed by atoms with Crippen LogP contribution in [0.2, 0.25) is 0 Å². The Bertz CT molecular complexity index is 465. The number of hydrogen-bond acceptors (Lipinski definition) is 5. The monoisotopic (exact) mass is 295 g/mol. The third kappa shape index (κ3) is 3.66. The molecule has 0 radical (unpaired) electrons. The molecule has 0 amide bonds. The summed E-state index contributed by atoms with van der Waals surface area (Å²) in [6, 6.07) is 2.21. The van der Waals surface area contributed by atoms with Gasteiger partial charge in [-0.3, -0.25) is 0 Å². The van der Waals surface area contributed by atoms with Crippen LogP contribution in [0.15, 0.2) is 16.7 Å². The van der Waals surface area contributed by atoms with Crippen LogP contribution in [-0.4, -0.2) is 31.3 Å². The van der Waals surface area contributed by atoms with E-state index in [1.165, 1.54) is 13.4 Å². The molecule has 1 N–H and O–H groups in total. The SMILES string of the molecule is CCC1(CC)CC(NCc2ccoc2C(=O)OC)CCO1. The second kappa shape index (κ2) is 7.09. The largest absolute Gasteiger partial charge is 0.463 e. The highest BCUT2D eigenvalue weighted by atomic mass is 16.5. The average Bonchev–Trinajstić information content (AvgIpc) is 3.00. The number of rotatable bonds is 6. The summed E-state index contributed by atoms with van der Waals surface area (Å²) in [7, 11) is 1.36. The number of nitrogens with one attached hydrogen (secondary N) is 1. The summed E-state index contributed by atoms with van der Waals surface area (Å²) in [4.78, 5) is 11.6. The third-order valence-corrected chi connectivity index (χ3v) is 4.48. The van der Waals surface area contributed by atoms with E-state index in [9.17, 15) is 4.79 Å². The van der Waals surface area contributed by atoms with Gasteiger partial charge in [-0.2, -0.15) is 0 Å². The molecule has 1 aliphatic rings. The van der Waals surface area contributed by atoms with Crippen LogP contribution in [-0.2, 0) is 16.0 Å². The highest BCUT2D eigenvalue weighted by Gasteiger charge is 2.34. The van der Waals surface area contributed by atoms with Crippen LogP contribution in [0.4, 0.5) is 0 Å². The van der Waals surface area contributed by atoms with Crippen LogP contribution in [0, 0.1) is 0 Å². The van der Waals surface area contributed by atoms with Crippen molar-refractivity contribution >= 4 is 5.97 Å². The Hall–Kier alpha value is -1.33. The lowest BCUT2D eigenvalue weighted by Crippen LogP contribution is -2.46. The van der Waals surface area contributed by atoms with Gasteiger partial charge in [0.05, 0.1) is 19.0 Å². The van der Waals surface area contributed by atoms with Crippen molar-refractivity contribution in [2.75, 3.05) is 13.7 Å². The smallest absolute Gasteiger partial charge is 0.374 e. The van der Waals surface area contributed by atoms with E-state index in [1.54, 1.807) is 0 Å². The van der Waals surface area contributed by atoms with Gasteiger partial charge < -0.3 is 19.2 Å². The molecule has 0 aromatic carbocycles. The Morgan fingerprint density at radius 3 is 2.90 bits per heavy atom. The first kappa shape index (κ1) is 16.0. The summed E-state index contributed by atoms with van der Waals surface area (Å²) >= 11 is 0. The Morgan fingerprint density at radius 1 is 1.48 bits per heavy atom. The number of carbonyl (C=O) groups excluding carboxylic acids is 1. The molecule has 1 aromatic heterocycles. The summed E-state index contributed by atoms with van der Waals surface area (Å²) in [5.74, 6) is -0.144. The molecule has 0 bridgehead atoms. The summed E-state index contributed by atoms with van der Waals surface area (Å²) in [5, 5.41) is 3.52. The molecule has 0 spiro atoms. The molecular weight excluding hydrogens is 270 g/mol. The molecule has 0 saturated carbocycles. The molecule has 5 heteroatoms. The highest BCUT2D eigenvalue weighted by Crippen LogP contribution is 2.31. The number of hydrogen-bond donors (Lipinski definition) is 1. The van der Waals surface area contributed by atoms with Gasteiger partial charge in [-0.05, 0) is 31.7 Å². The van der Waals surface area contributed by atoms with Crippen LogP contribution < -0.4 is 5.32 Å². The minimum Gasteiger partial charge on any atom is -0.463 e. The van der Waals surface area contributed by atoms with Gasteiger partial charge >= 0.3 is 5.97 Å². The number of esters is 1. The molecule has 1 aliphatic heterocycles. The molecule has 1 saturated heterocycles. The zero-order valence-corrected chi connectivity index (χ0v) is 13.1. The number of methoxy groups -OCH3 is 1. The Morgan fingerprint density at radius 2 is 2.24 bits per heavy atom. The highest BCUT2D eigenvalue weighted by molar-refractivity contribution is 5.87. The van der Waals surface area contributed by atoms with Crippen molar-refractivity contribution in [2.24, 2.45) is 0 Å². The normalized spacial score (nSPS) is 21.2. The lowest BCUT2D eigenvalue weighted by Gasteiger charge is -2.40. The third-order valence-electron chi connectivity index (χ3n) is 4.48. The van der Waals surface area contributed by atoms with Gasteiger partial charge in [0.15, 0.2) is 0 Å². The maximum absolute atomic E-state index is 11.6. The predicted octanol–water partition coefficient (Wildman–Crippen LogP) is 2.89. The van der Waals surface area contributed by atoms with E-state index < -0.39 is 5.97 Å². The van der Waals surface area contributed by atoms with Crippen molar-refractivity contribution < 1.29 is 18.7 Å². The quantitative estimate of drug-likeness (QED) is 0.818. The molecule has 5 nitrogen and oxygen atoms in total. The van der Waals surface area contributed by atoms with Gasteiger partial charge in [-0.15, -0.1) is 0 Å². The van der Waals surface area contributed by atoms with Gasteiger partial charge in [0.2, 0.25) is 5.76 Å². The molecule has 2 heterocycles. The standard InChI is InChI=1S/C16H25NO4/c1-4-16(5-2)10-13(7-9-21-16)17-11-12-6-8-20-14(12)15(18)19-3/h6,8,13,17H,4-5,7,9-11H2,1-3H3. The van der Waals surface area contributed by atoms with Crippen LogP contribution in [0.5, 0.6) is 0 Å². The molecule has 21 heavy (non-hydrogen) atoms. The summed E-state index contributed by atoms with van der Waals surface area (Å²) in [5.41, 5.74) is 0.837. The fourth-order valence-corrected chi connectivity index (χ4v) is 2.95. The van der Waals surface area contributed by atoms with Gasteiger partial charge in [0, 0.05) is 24.8 Å². The van der Waals surface area contributed by atoms with E-state index in [-0.39, 0.29) is 11.4 Å². The minimum atomic E-state index is -0.430. The van der Waals surface area contributed by atoms with Gasteiger partial charge in [-0.1, -0.05) is 13.8 Å². The second-order valence-electron chi connectivity index (χ2n) is 5.58. The fourth-order valence-electron chi connectivity index (χ4n) is 2.95. The molecular formula is C16H25NO4. The van der Waals surface area contributed by atoms with Crippen molar-refractivity contribution in [3.05, 3.63) is 23.7 Å². The first-order valence-corrected chi connectivity index (χ1v) is 7.66. The predicted molar refractivity (Wildman–Crippen MR) is 79.2 cm³/mol. The summed E-state index contributed by atoms with van der Waals surface area (Å²) in [6.07, 6.45) is 5.58. The average molecular weight is 295 g/mol. The minimum absolute atomic E-state index is 0.00249. The maximum Gasteiger partial charge on any atom is 0.374 e. The zero-order chi connectivity index (χ0) is 15.3. The summed E-state index contributed by atoms with van der Waals surface area (Å²) in [6.45, 7) is 5.75. The first-order valence-electron chi connectivity index (χ1n) is 7.66. The van der Waals surface area contributed by atoms with Crippen molar-refractivity contribution in [1.29, 1.82) is 0 Å². The maximum atomic E-state index is 11.6.